The summed E-state index contributed by atoms with van der Waals surface area (Å²) in [7, 11) is 0. The minimum absolute atomic E-state index is 0.0590. The van der Waals surface area contributed by atoms with Crippen molar-refractivity contribution in [1.82, 2.24) is 0 Å². The van der Waals surface area contributed by atoms with Gasteiger partial charge in [0.25, 0.3) is 0 Å². The highest BCUT2D eigenvalue weighted by molar-refractivity contribution is 7.98. The highest BCUT2D eigenvalue weighted by Crippen LogP contribution is 2.44. The average molecular weight is 269 g/mol. The topological polar surface area (TPSA) is 81.8 Å². The molecule has 1 atom stereocenters. The van der Waals surface area contributed by atoms with Gasteiger partial charge in [-0.3, -0.25) is 4.79 Å². The van der Waals surface area contributed by atoms with Gasteiger partial charge in [0.1, 0.15) is 0 Å². The molecule has 2 rings (SSSR count). The predicted octanol–water partition coefficient (Wildman–Crippen LogP) is 2.00. The van der Waals surface area contributed by atoms with Crippen molar-refractivity contribution in [2.75, 3.05) is 13.0 Å². The molecule has 3 N–H and O–H groups in total. The lowest BCUT2D eigenvalue weighted by Crippen LogP contribution is -2.13. The van der Waals surface area contributed by atoms with E-state index in [9.17, 15) is 4.79 Å². The summed E-state index contributed by atoms with van der Waals surface area (Å²) in [5, 5.41) is 8.69. The zero-order valence-electron chi connectivity index (χ0n) is 10.0. The molecule has 0 fully saturated rings. The largest absolute Gasteiger partial charge is 0.481 e. The summed E-state index contributed by atoms with van der Waals surface area (Å²) in [6.45, 7) is 0.219. The normalized spacial score (nSPS) is 14.6. The van der Waals surface area contributed by atoms with Crippen LogP contribution < -0.4 is 15.2 Å². The monoisotopic (exact) mass is 269 g/mol. The summed E-state index contributed by atoms with van der Waals surface area (Å²) in [4.78, 5) is 11.5. The first-order valence-electron chi connectivity index (χ1n) is 5.57. The van der Waals surface area contributed by atoms with Gasteiger partial charge in [-0.2, -0.15) is 0 Å². The maximum absolute atomic E-state index is 10.6. The zero-order chi connectivity index (χ0) is 13.1. The molecular weight excluding hydrogens is 254 g/mol. The minimum Gasteiger partial charge on any atom is -0.481 e. The Morgan fingerprint density at radius 3 is 3.00 bits per heavy atom. The van der Waals surface area contributed by atoms with Gasteiger partial charge in [-0.1, -0.05) is 6.07 Å². The van der Waals surface area contributed by atoms with E-state index in [-0.39, 0.29) is 19.3 Å². The zero-order valence-corrected chi connectivity index (χ0v) is 10.8. The van der Waals surface area contributed by atoms with Crippen molar-refractivity contribution in [2.24, 2.45) is 5.73 Å². The average Bonchev–Trinajstić information content (AvgIpc) is 2.82. The highest BCUT2D eigenvalue weighted by atomic mass is 32.2. The van der Waals surface area contributed by atoms with E-state index in [1.165, 1.54) is 11.8 Å². The van der Waals surface area contributed by atoms with Crippen LogP contribution in [0.2, 0.25) is 0 Å². The number of ether oxygens (including phenoxy) is 2. The van der Waals surface area contributed by atoms with E-state index < -0.39 is 5.97 Å². The smallest absolute Gasteiger partial charge is 0.303 e. The molecule has 1 aliphatic rings. The summed E-state index contributed by atoms with van der Waals surface area (Å²) in [6.07, 6.45) is 2.40. The van der Waals surface area contributed by atoms with Crippen LogP contribution in [0.4, 0.5) is 0 Å². The van der Waals surface area contributed by atoms with Crippen LogP contribution in [0.3, 0.4) is 0 Å². The van der Waals surface area contributed by atoms with Gasteiger partial charge in [0, 0.05) is 12.5 Å². The van der Waals surface area contributed by atoms with E-state index in [4.69, 9.17) is 20.3 Å². The SMILES string of the molecule is CSc1c(C(N)CCC(=O)O)ccc2c1OCO2. The Balaban J connectivity index is 2.24. The quantitative estimate of drug-likeness (QED) is 0.796. The van der Waals surface area contributed by atoms with Crippen molar-refractivity contribution in [3.63, 3.8) is 0 Å². The number of carboxylic acids is 1. The molecule has 0 aliphatic carbocycles. The van der Waals surface area contributed by atoms with E-state index in [2.05, 4.69) is 0 Å². The number of hydrogen-bond acceptors (Lipinski definition) is 5. The van der Waals surface area contributed by atoms with Crippen molar-refractivity contribution in [2.45, 2.75) is 23.8 Å². The number of nitrogens with two attached hydrogens (primary N) is 1. The molecule has 5 nitrogen and oxygen atoms in total. The maximum atomic E-state index is 10.6. The van der Waals surface area contributed by atoms with Gasteiger partial charge in [-0.25, -0.2) is 0 Å². The standard InChI is InChI=1S/C12H15NO4S/c1-18-12-7(8(13)3-5-10(14)15)2-4-9-11(12)17-6-16-9/h2,4,8H,3,5-6,13H2,1H3,(H,14,15). The Morgan fingerprint density at radius 1 is 1.56 bits per heavy atom. The number of carboxylic acid groups (broad SMARTS) is 1. The van der Waals surface area contributed by atoms with E-state index in [1.807, 2.05) is 18.4 Å². The van der Waals surface area contributed by atoms with Crippen molar-refractivity contribution < 1.29 is 19.4 Å². The van der Waals surface area contributed by atoms with E-state index >= 15 is 0 Å². The van der Waals surface area contributed by atoms with Crippen LogP contribution in [0.15, 0.2) is 17.0 Å². The molecule has 6 heteroatoms. The van der Waals surface area contributed by atoms with Crippen LogP contribution in [0.5, 0.6) is 11.5 Å². The second kappa shape index (κ2) is 5.49. The second-order valence-electron chi connectivity index (χ2n) is 3.96. The summed E-state index contributed by atoms with van der Waals surface area (Å²) < 4.78 is 10.7. The molecule has 0 spiro atoms. The van der Waals surface area contributed by atoms with Crippen LogP contribution >= 0.6 is 11.8 Å². The number of rotatable bonds is 5. The Bertz CT molecular complexity index is 464. The van der Waals surface area contributed by atoms with Crippen molar-refractivity contribution in [3.05, 3.63) is 17.7 Å². The Kier molecular flexibility index (Phi) is 3.98. The summed E-state index contributed by atoms with van der Waals surface area (Å²) in [6, 6.07) is 3.39. The van der Waals surface area contributed by atoms with E-state index in [0.29, 0.717) is 17.9 Å². The number of aliphatic carboxylic acids is 1. The van der Waals surface area contributed by atoms with E-state index in [1.54, 1.807) is 0 Å². The molecule has 0 radical (unpaired) electrons. The Hall–Kier alpha value is -1.40. The predicted molar refractivity (Wildman–Crippen MR) is 68.1 cm³/mol. The fourth-order valence-corrected chi connectivity index (χ4v) is 2.70. The number of thioether (sulfide) groups is 1. The first-order chi connectivity index (χ1) is 8.63. The molecular formula is C12H15NO4S. The van der Waals surface area contributed by atoms with Gasteiger partial charge < -0.3 is 20.3 Å². The van der Waals surface area contributed by atoms with Gasteiger partial charge in [0.05, 0.1) is 4.90 Å². The van der Waals surface area contributed by atoms with Crippen LogP contribution in [0.1, 0.15) is 24.4 Å². The molecule has 0 saturated carbocycles. The molecule has 0 aromatic heterocycles. The molecule has 0 bridgehead atoms. The first-order valence-corrected chi connectivity index (χ1v) is 6.79. The molecule has 0 amide bonds. The minimum atomic E-state index is -0.836. The summed E-state index contributed by atoms with van der Waals surface area (Å²) in [5.41, 5.74) is 6.95. The molecule has 1 aliphatic heterocycles. The maximum Gasteiger partial charge on any atom is 0.303 e. The fraction of sp³-hybridized carbons (Fsp3) is 0.417. The molecule has 18 heavy (non-hydrogen) atoms. The van der Waals surface area contributed by atoms with Crippen molar-refractivity contribution >= 4 is 17.7 Å². The van der Waals surface area contributed by atoms with Gasteiger partial charge >= 0.3 is 5.97 Å². The summed E-state index contributed by atoms with van der Waals surface area (Å²) in [5.74, 6) is 0.594. The van der Waals surface area contributed by atoms with Gasteiger partial charge in [-0.05, 0) is 24.3 Å². The first kappa shape index (κ1) is 13.0. The third kappa shape index (κ3) is 2.54. The van der Waals surface area contributed by atoms with Crippen LogP contribution in [0.25, 0.3) is 0 Å². The van der Waals surface area contributed by atoms with Crippen LogP contribution in [-0.4, -0.2) is 24.1 Å². The number of benzene rings is 1. The lowest BCUT2D eigenvalue weighted by molar-refractivity contribution is -0.137. The third-order valence-electron chi connectivity index (χ3n) is 2.80. The van der Waals surface area contributed by atoms with Crippen LogP contribution in [0, 0.1) is 0 Å². The lowest BCUT2D eigenvalue weighted by atomic mass is 10.0. The number of carbonyl (C=O) groups is 1. The Labute approximate surface area is 109 Å². The van der Waals surface area contributed by atoms with Gasteiger partial charge in [0.2, 0.25) is 6.79 Å². The fourth-order valence-electron chi connectivity index (χ4n) is 1.90. The van der Waals surface area contributed by atoms with Gasteiger partial charge in [0.15, 0.2) is 11.5 Å². The number of hydrogen-bond donors (Lipinski definition) is 2. The molecule has 1 unspecified atom stereocenters. The second-order valence-corrected chi connectivity index (χ2v) is 4.78. The van der Waals surface area contributed by atoms with Crippen molar-refractivity contribution in [1.29, 1.82) is 0 Å². The molecule has 1 aromatic rings. The molecule has 1 aromatic carbocycles. The number of fused-ring (bicyclic) bond motifs is 1. The van der Waals surface area contributed by atoms with Crippen molar-refractivity contribution in [3.8, 4) is 11.5 Å². The van der Waals surface area contributed by atoms with Gasteiger partial charge in [-0.15, -0.1) is 11.8 Å². The molecule has 1 heterocycles. The third-order valence-corrected chi connectivity index (χ3v) is 3.63. The Morgan fingerprint density at radius 2 is 2.33 bits per heavy atom. The highest BCUT2D eigenvalue weighted by Gasteiger charge is 2.23. The molecule has 98 valence electrons. The van der Waals surface area contributed by atoms with Crippen LogP contribution in [-0.2, 0) is 4.79 Å². The summed E-state index contributed by atoms with van der Waals surface area (Å²) >= 11 is 1.53. The van der Waals surface area contributed by atoms with E-state index in [0.717, 1.165) is 10.5 Å². The molecule has 0 saturated heterocycles. The lowest BCUT2D eigenvalue weighted by Gasteiger charge is -2.16.